The molecule has 2 heterocycles. The Labute approximate surface area is 177 Å². The molecule has 30 heavy (non-hydrogen) atoms. The molecule has 2 aromatic rings. The minimum atomic E-state index is -0.257. The van der Waals surface area contributed by atoms with Gasteiger partial charge in [0.15, 0.2) is 5.69 Å². The van der Waals surface area contributed by atoms with Gasteiger partial charge >= 0.3 is 0 Å². The number of aliphatic hydroxyl groups excluding tert-OH is 1. The number of nitrogens with zero attached hydrogens (tertiary/aromatic N) is 3. The summed E-state index contributed by atoms with van der Waals surface area (Å²) in [5, 5.41) is 12.7. The number of aromatic nitrogens is 1. The minimum Gasteiger partial charge on any atom is -0.496 e. The molecule has 1 aliphatic heterocycles. The third-order valence-electron chi connectivity index (χ3n) is 5.42. The fraction of sp³-hybridized carbons (Fsp3) is 0.545. The predicted molar refractivity (Wildman–Crippen MR) is 114 cm³/mol. The Hall–Kier alpha value is -2.42. The van der Waals surface area contributed by atoms with Gasteiger partial charge in [0.25, 0.3) is 5.91 Å². The van der Waals surface area contributed by atoms with Crippen molar-refractivity contribution in [3.8, 4) is 5.75 Å². The average molecular weight is 417 g/mol. The number of carbonyl (C=O) groups excluding carboxylic acids is 1. The molecule has 1 aliphatic rings. The van der Waals surface area contributed by atoms with Crippen LogP contribution in [-0.2, 0) is 13.0 Å². The van der Waals surface area contributed by atoms with Crippen molar-refractivity contribution in [2.75, 3.05) is 46.4 Å². The third-order valence-corrected chi connectivity index (χ3v) is 5.42. The van der Waals surface area contributed by atoms with Gasteiger partial charge in [0.05, 0.1) is 19.8 Å². The second-order valence-corrected chi connectivity index (χ2v) is 7.58. The molecule has 1 atom stereocenters. The van der Waals surface area contributed by atoms with Gasteiger partial charge in [-0.1, -0.05) is 25.1 Å². The first-order valence-corrected chi connectivity index (χ1v) is 10.6. The van der Waals surface area contributed by atoms with Gasteiger partial charge in [0.2, 0.25) is 5.89 Å². The summed E-state index contributed by atoms with van der Waals surface area (Å²) in [6.45, 7) is 7.39. The maximum atomic E-state index is 12.4. The van der Waals surface area contributed by atoms with Gasteiger partial charge in [-0.05, 0) is 24.5 Å². The number of amides is 1. The van der Waals surface area contributed by atoms with E-state index in [9.17, 15) is 9.90 Å². The summed E-state index contributed by atoms with van der Waals surface area (Å²) in [6.07, 6.45) is 2.62. The van der Waals surface area contributed by atoms with Crippen molar-refractivity contribution in [1.82, 2.24) is 20.1 Å². The lowest BCUT2D eigenvalue weighted by atomic mass is 10.1. The molecule has 1 aromatic carbocycles. The van der Waals surface area contributed by atoms with Gasteiger partial charge < -0.3 is 19.6 Å². The number of hydrogen-bond donors (Lipinski definition) is 2. The number of para-hydroxylation sites is 1. The summed E-state index contributed by atoms with van der Waals surface area (Å²) in [7, 11) is 1.64. The Morgan fingerprint density at radius 3 is 2.73 bits per heavy atom. The van der Waals surface area contributed by atoms with Crippen molar-refractivity contribution in [3.05, 3.63) is 47.7 Å². The number of aliphatic hydroxyl groups is 1. The zero-order chi connectivity index (χ0) is 21.3. The molecule has 0 saturated carbocycles. The first-order valence-electron chi connectivity index (χ1n) is 10.6. The highest BCUT2D eigenvalue weighted by atomic mass is 16.5. The number of oxazole rings is 1. The average Bonchev–Trinajstić information content (AvgIpc) is 3.24. The van der Waals surface area contributed by atoms with Gasteiger partial charge in [0.1, 0.15) is 12.0 Å². The molecule has 0 spiro atoms. The van der Waals surface area contributed by atoms with E-state index in [4.69, 9.17) is 9.15 Å². The monoisotopic (exact) mass is 416 g/mol. The quantitative estimate of drug-likeness (QED) is 0.607. The number of ether oxygens (including phenoxy) is 1. The molecule has 1 amide bonds. The fourth-order valence-electron chi connectivity index (χ4n) is 3.55. The van der Waals surface area contributed by atoms with E-state index in [1.807, 2.05) is 31.2 Å². The van der Waals surface area contributed by atoms with E-state index >= 15 is 0 Å². The van der Waals surface area contributed by atoms with Crippen molar-refractivity contribution >= 4 is 5.91 Å². The Bertz CT molecular complexity index is 802. The molecule has 2 N–H and O–H groups in total. The van der Waals surface area contributed by atoms with Gasteiger partial charge in [0, 0.05) is 39.3 Å². The molecule has 1 aromatic heterocycles. The highest BCUT2D eigenvalue weighted by Gasteiger charge is 2.21. The number of benzene rings is 1. The molecule has 1 saturated heterocycles. The number of rotatable bonds is 10. The summed E-state index contributed by atoms with van der Waals surface area (Å²) in [5.41, 5.74) is 1.35. The lowest BCUT2D eigenvalue weighted by Gasteiger charge is -2.34. The van der Waals surface area contributed by atoms with E-state index in [-0.39, 0.29) is 12.0 Å². The molecule has 3 rings (SSSR count). The van der Waals surface area contributed by atoms with E-state index < -0.39 is 0 Å². The van der Waals surface area contributed by atoms with Gasteiger partial charge in [-0.15, -0.1) is 0 Å². The molecule has 1 fully saturated rings. The number of piperazine rings is 1. The van der Waals surface area contributed by atoms with Crippen LogP contribution in [-0.4, -0.2) is 78.3 Å². The topological polar surface area (TPSA) is 91.1 Å². The highest BCUT2D eigenvalue weighted by molar-refractivity contribution is 5.91. The van der Waals surface area contributed by atoms with E-state index in [1.165, 1.54) is 6.26 Å². The zero-order valence-electron chi connectivity index (χ0n) is 17.8. The maximum absolute atomic E-state index is 12.4. The highest BCUT2D eigenvalue weighted by Crippen LogP contribution is 2.17. The number of nitrogens with one attached hydrogen (secondary N) is 1. The fourth-order valence-corrected chi connectivity index (χ4v) is 3.55. The van der Waals surface area contributed by atoms with Gasteiger partial charge in [-0.2, -0.15) is 0 Å². The lowest BCUT2D eigenvalue weighted by Crippen LogP contribution is -2.48. The first-order chi connectivity index (χ1) is 14.6. The van der Waals surface area contributed by atoms with Crippen molar-refractivity contribution in [3.63, 3.8) is 0 Å². The standard InChI is InChI=1S/C22H32N4O4/c1-3-18(27)14-25-10-12-26(13-11-25)15-21-24-19(16-30-21)22(28)23-9-8-17-6-4-5-7-20(17)29-2/h4-7,16,18,27H,3,8-15H2,1-2H3,(H,23,28)/t18-/m1/s1. The summed E-state index contributed by atoms with van der Waals surface area (Å²) >= 11 is 0. The zero-order valence-corrected chi connectivity index (χ0v) is 17.8. The van der Waals surface area contributed by atoms with E-state index in [1.54, 1.807) is 7.11 Å². The molecule has 0 aliphatic carbocycles. The Morgan fingerprint density at radius 2 is 2.00 bits per heavy atom. The Kier molecular flexibility index (Phi) is 8.24. The Balaban J connectivity index is 1.42. The molecule has 8 heteroatoms. The SMILES string of the molecule is CC[C@@H](O)CN1CCN(Cc2nc(C(=O)NCCc3ccccc3OC)co2)CC1. The van der Waals surface area contributed by atoms with Gasteiger partial charge in [-0.25, -0.2) is 4.98 Å². The summed E-state index contributed by atoms with van der Waals surface area (Å²) < 4.78 is 10.8. The van der Waals surface area contributed by atoms with E-state index in [0.717, 1.165) is 50.5 Å². The molecule has 164 valence electrons. The van der Waals surface area contributed by atoms with Crippen LogP contribution in [0.15, 0.2) is 34.9 Å². The first kappa shape index (κ1) is 22.3. The molecule has 0 radical (unpaired) electrons. The molecular formula is C22H32N4O4. The van der Waals surface area contributed by atoms with Crippen LogP contribution in [0.1, 0.15) is 35.3 Å². The van der Waals surface area contributed by atoms with E-state index in [2.05, 4.69) is 20.1 Å². The Morgan fingerprint density at radius 1 is 1.27 bits per heavy atom. The van der Waals surface area contributed by atoms with Crippen molar-refractivity contribution in [2.24, 2.45) is 0 Å². The van der Waals surface area contributed by atoms with Gasteiger partial charge in [-0.3, -0.25) is 14.6 Å². The number of carbonyl (C=O) groups is 1. The van der Waals surface area contributed by atoms with Crippen LogP contribution in [0.3, 0.4) is 0 Å². The maximum Gasteiger partial charge on any atom is 0.273 e. The minimum absolute atomic E-state index is 0.238. The summed E-state index contributed by atoms with van der Waals surface area (Å²) in [5.74, 6) is 1.13. The summed E-state index contributed by atoms with van der Waals surface area (Å²) in [6, 6.07) is 7.77. The van der Waals surface area contributed by atoms with Crippen LogP contribution in [0.25, 0.3) is 0 Å². The van der Waals surface area contributed by atoms with Crippen LogP contribution in [0.4, 0.5) is 0 Å². The van der Waals surface area contributed by atoms with Crippen LogP contribution in [0, 0.1) is 0 Å². The largest absolute Gasteiger partial charge is 0.496 e. The second kappa shape index (κ2) is 11.1. The van der Waals surface area contributed by atoms with E-state index in [0.29, 0.717) is 31.1 Å². The van der Waals surface area contributed by atoms with Crippen LogP contribution < -0.4 is 10.1 Å². The van der Waals surface area contributed by atoms with Crippen molar-refractivity contribution < 1.29 is 19.1 Å². The van der Waals surface area contributed by atoms with Crippen LogP contribution in [0.2, 0.25) is 0 Å². The van der Waals surface area contributed by atoms with Crippen LogP contribution in [0.5, 0.6) is 5.75 Å². The van der Waals surface area contributed by atoms with Crippen molar-refractivity contribution in [2.45, 2.75) is 32.4 Å². The molecular weight excluding hydrogens is 384 g/mol. The smallest absolute Gasteiger partial charge is 0.273 e. The molecule has 8 nitrogen and oxygen atoms in total. The third kappa shape index (κ3) is 6.29. The second-order valence-electron chi connectivity index (χ2n) is 7.58. The number of hydrogen-bond acceptors (Lipinski definition) is 7. The molecule has 0 bridgehead atoms. The number of methoxy groups -OCH3 is 1. The molecule has 0 unspecified atom stereocenters. The normalized spacial score (nSPS) is 16.4. The predicted octanol–water partition coefficient (Wildman–Crippen LogP) is 1.54. The lowest BCUT2D eigenvalue weighted by molar-refractivity contribution is 0.0658. The summed E-state index contributed by atoms with van der Waals surface area (Å²) in [4.78, 5) is 21.2. The van der Waals surface area contributed by atoms with Crippen molar-refractivity contribution in [1.29, 1.82) is 0 Å². The van der Waals surface area contributed by atoms with Crippen LogP contribution >= 0.6 is 0 Å². The number of β-amino-alcohol motifs (C(OH)–C–C–N with tert-alkyl or cyclic N) is 1.